The predicted octanol–water partition coefficient (Wildman–Crippen LogP) is 2.36. The Bertz CT molecular complexity index is 507. The molecule has 2 fully saturated rings. The first-order valence-electron chi connectivity index (χ1n) is 8.72. The van der Waals surface area contributed by atoms with E-state index in [0.29, 0.717) is 23.6 Å². The van der Waals surface area contributed by atoms with Gasteiger partial charge < -0.3 is 10.6 Å². The van der Waals surface area contributed by atoms with Crippen molar-refractivity contribution in [2.75, 3.05) is 13.1 Å². The molecule has 1 aliphatic heterocycles. The zero-order chi connectivity index (χ0) is 15.5. The van der Waals surface area contributed by atoms with Gasteiger partial charge in [-0.15, -0.1) is 0 Å². The summed E-state index contributed by atoms with van der Waals surface area (Å²) in [5, 5.41) is 11.1. The number of aromatic nitrogens is 2. The molecule has 4 unspecified atom stereocenters. The van der Waals surface area contributed by atoms with Crippen molar-refractivity contribution in [3.05, 3.63) is 18.0 Å². The molecule has 1 saturated heterocycles. The average Bonchev–Trinajstić information content (AvgIpc) is 3.03. The SMILES string of the molecule is CC1CCCC(NC(=O)c2ccn(C3CCCNC3)n2)C1C. The molecule has 122 valence electrons. The summed E-state index contributed by atoms with van der Waals surface area (Å²) in [4.78, 5) is 12.5. The molecule has 1 amide bonds. The van der Waals surface area contributed by atoms with Crippen LogP contribution >= 0.6 is 0 Å². The van der Waals surface area contributed by atoms with E-state index in [1.165, 1.54) is 19.3 Å². The fourth-order valence-corrected chi connectivity index (χ4v) is 3.75. The molecule has 3 rings (SSSR count). The zero-order valence-corrected chi connectivity index (χ0v) is 13.7. The van der Waals surface area contributed by atoms with E-state index < -0.39 is 0 Å². The van der Waals surface area contributed by atoms with Crippen molar-refractivity contribution < 1.29 is 4.79 Å². The summed E-state index contributed by atoms with van der Waals surface area (Å²) < 4.78 is 1.95. The highest BCUT2D eigenvalue weighted by atomic mass is 16.2. The number of nitrogens with one attached hydrogen (secondary N) is 2. The summed E-state index contributed by atoms with van der Waals surface area (Å²) in [7, 11) is 0. The molecular weight excluding hydrogens is 276 g/mol. The molecule has 1 saturated carbocycles. The third-order valence-electron chi connectivity index (χ3n) is 5.51. The number of piperidine rings is 1. The van der Waals surface area contributed by atoms with Gasteiger partial charge in [-0.1, -0.05) is 26.7 Å². The molecule has 0 aromatic carbocycles. The lowest BCUT2D eigenvalue weighted by Crippen LogP contribution is -2.43. The summed E-state index contributed by atoms with van der Waals surface area (Å²) in [6.07, 6.45) is 7.82. The van der Waals surface area contributed by atoms with E-state index in [9.17, 15) is 4.79 Å². The van der Waals surface area contributed by atoms with Crippen LogP contribution in [0.15, 0.2) is 12.3 Å². The molecule has 1 aromatic rings. The van der Waals surface area contributed by atoms with Crippen LogP contribution in [0.25, 0.3) is 0 Å². The molecule has 2 aliphatic rings. The molecule has 1 aromatic heterocycles. The molecule has 1 aliphatic carbocycles. The number of rotatable bonds is 3. The Labute approximate surface area is 132 Å². The van der Waals surface area contributed by atoms with Gasteiger partial charge in [-0.05, 0) is 43.7 Å². The van der Waals surface area contributed by atoms with Crippen LogP contribution < -0.4 is 10.6 Å². The Morgan fingerprint density at radius 1 is 1.32 bits per heavy atom. The largest absolute Gasteiger partial charge is 0.348 e. The van der Waals surface area contributed by atoms with E-state index in [-0.39, 0.29) is 11.9 Å². The molecule has 2 N–H and O–H groups in total. The van der Waals surface area contributed by atoms with Crippen LogP contribution in [-0.4, -0.2) is 34.8 Å². The van der Waals surface area contributed by atoms with Crippen LogP contribution in [0, 0.1) is 11.8 Å². The van der Waals surface area contributed by atoms with Gasteiger partial charge in [0.15, 0.2) is 0 Å². The minimum atomic E-state index is -0.0199. The summed E-state index contributed by atoms with van der Waals surface area (Å²) >= 11 is 0. The molecule has 2 heterocycles. The van der Waals surface area contributed by atoms with E-state index in [1.807, 2.05) is 16.9 Å². The van der Waals surface area contributed by atoms with Crippen LogP contribution in [-0.2, 0) is 0 Å². The third kappa shape index (κ3) is 3.35. The highest BCUT2D eigenvalue weighted by molar-refractivity contribution is 5.92. The van der Waals surface area contributed by atoms with Gasteiger partial charge in [0, 0.05) is 18.8 Å². The zero-order valence-electron chi connectivity index (χ0n) is 13.7. The number of carbonyl (C=O) groups is 1. The van der Waals surface area contributed by atoms with E-state index in [1.54, 1.807) is 0 Å². The lowest BCUT2D eigenvalue weighted by atomic mass is 9.78. The average molecular weight is 304 g/mol. The summed E-state index contributed by atoms with van der Waals surface area (Å²) in [5.41, 5.74) is 0.552. The molecular formula is C17H28N4O. The van der Waals surface area contributed by atoms with E-state index >= 15 is 0 Å². The second-order valence-electron chi connectivity index (χ2n) is 7.03. The maximum absolute atomic E-state index is 12.5. The van der Waals surface area contributed by atoms with Gasteiger partial charge in [-0.25, -0.2) is 0 Å². The second-order valence-corrected chi connectivity index (χ2v) is 7.03. The minimum Gasteiger partial charge on any atom is -0.348 e. The van der Waals surface area contributed by atoms with Crippen LogP contribution in [0.1, 0.15) is 62.5 Å². The van der Waals surface area contributed by atoms with Crippen molar-refractivity contribution in [2.45, 2.75) is 58.0 Å². The lowest BCUT2D eigenvalue weighted by molar-refractivity contribution is 0.0884. The molecule has 0 spiro atoms. The molecule has 0 bridgehead atoms. The normalized spacial score (nSPS) is 32.6. The first kappa shape index (κ1) is 15.5. The highest BCUT2D eigenvalue weighted by Crippen LogP contribution is 2.29. The van der Waals surface area contributed by atoms with Crippen molar-refractivity contribution in [1.29, 1.82) is 0 Å². The van der Waals surface area contributed by atoms with Crippen LogP contribution in [0.4, 0.5) is 0 Å². The van der Waals surface area contributed by atoms with Gasteiger partial charge in [0.05, 0.1) is 6.04 Å². The summed E-state index contributed by atoms with van der Waals surface area (Å²) in [6.45, 7) is 6.57. The van der Waals surface area contributed by atoms with E-state index in [0.717, 1.165) is 25.9 Å². The van der Waals surface area contributed by atoms with Crippen LogP contribution in [0.2, 0.25) is 0 Å². The number of carbonyl (C=O) groups excluding carboxylic acids is 1. The molecule has 22 heavy (non-hydrogen) atoms. The van der Waals surface area contributed by atoms with Crippen molar-refractivity contribution in [3.63, 3.8) is 0 Å². The van der Waals surface area contributed by atoms with Crippen LogP contribution in [0.5, 0.6) is 0 Å². The Morgan fingerprint density at radius 3 is 2.95 bits per heavy atom. The number of amides is 1. The van der Waals surface area contributed by atoms with Crippen molar-refractivity contribution in [3.8, 4) is 0 Å². The van der Waals surface area contributed by atoms with Crippen molar-refractivity contribution in [1.82, 2.24) is 20.4 Å². The lowest BCUT2D eigenvalue weighted by Gasteiger charge is -2.34. The first-order valence-corrected chi connectivity index (χ1v) is 8.72. The third-order valence-corrected chi connectivity index (χ3v) is 5.51. The first-order chi connectivity index (χ1) is 10.6. The van der Waals surface area contributed by atoms with E-state index in [2.05, 4.69) is 29.6 Å². The van der Waals surface area contributed by atoms with Gasteiger partial charge in [0.2, 0.25) is 0 Å². The molecule has 5 nitrogen and oxygen atoms in total. The van der Waals surface area contributed by atoms with Crippen LogP contribution in [0.3, 0.4) is 0 Å². The number of nitrogens with zero attached hydrogens (tertiary/aromatic N) is 2. The minimum absolute atomic E-state index is 0.0199. The van der Waals surface area contributed by atoms with Crippen molar-refractivity contribution >= 4 is 5.91 Å². The summed E-state index contributed by atoms with van der Waals surface area (Å²) in [5.74, 6) is 1.21. The fraction of sp³-hybridized carbons (Fsp3) is 0.765. The Kier molecular flexibility index (Phi) is 4.81. The monoisotopic (exact) mass is 304 g/mol. The van der Waals surface area contributed by atoms with Gasteiger partial charge >= 0.3 is 0 Å². The van der Waals surface area contributed by atoms with E-state index in [4.69, 9.17) is 0 Å². The quantitative estimate of drug-likeness (QED) is 0.901. The van der Waals surface area contributed by atoms with Crippen molar-refractivity contribution in [2.24, 2.45) is 11.8 Å². The second kappa shape index (κ2) is 6.82. The number of hydrogen-bond donors (Lipinski definition) is 2. The Hall–Kier alpha value is -1.36. The topological polar surface area (TPSA) is 59.0 Å². The molecule has 0 radical (unpaired) electrons. The smallest absolute Gasteiger partial charge is 0.272 e. The number of hydrogen-bond acceptors (Lipinski definition) is 3. The fourth-order valence-electron chi connectivity index (χ4n) is 3.75. The Morgan fingerprint density at radius 2 is 2.18 bits per heavy atom. The summed E-state index contributed by atoms with van der Waals surface area (Å²) in [6, 6.07) is 2.52. The molecule has 4 atom stereocenters. The van der Waals surface area contributed by atoms with Gasteiger partial charge in [-0.3, -0.25) is 9.48 Å². The van der Waals surface area contributed by atoms with Gasteiger partial charge in [0.25, 0.3) is 5.91 Å². The van der Waals surface area contributed by atoms with Gasteiger partial charge in [0.1, 0.15) is 5.69 Å². The van der Waals surface area contributed by atoms with Gasteiger partial charge in [-0.2, -0.15) is 5.10 Å². The Balaban J connectivity index is 1.61. The maximum Gasteiger partial charge on any atom is 0.272 e. The molecule has 5 heteroatoms. The highest BCUT2D eigenvalue weighted by Gasteiger charge is 2.29. The predicted molar refractivity (Wildman–Crippen MR) is 86.8 cm³/mol. The standard InChI is InChI=1S/C17H28N4O/c1-12-5-3-7-15(13(12)2)19-17(22)16-8-10-21(20-16)14-6-4-9-18-11-14/h8,10,12-15,18H,3-7,9,11H2,1-2H3,(H,19,22). The maximum atomic E-state index is 12.5.